The van der Waals surface area contributed by atoms with Crippen LogP contribution in [0, 0.1) is 12.8 Å². The average Bonchev–Trinajstić information content (AvgIpc) is 2.62. The summed E-state index contributed by atoms with van der Waals surface area (Å²) < 4.78 is 0. The molecule has 25 heavy (non-hydrogen) atoms. The molecule has 2 amide bonds. The van der Waals surface area contributed by atoms with Crippen molar-refractivity contribution in [3.8, 4) is 0 Å². The van der Waals surface area contributed by atoms with Crippen LogP contribution in [-0.4, -0.2) is 29.4 Å². The molecule has 1 fully saturated rings. The second-order valence-electron chi connectivity index (χ2n) is 6.95. The Bertz CT molecular complexity index is 553. The van der Waals surface area contributed by atoms with E-state index >= 15 is 0 Å². The second kappa shape index (κ2) is 10.5. The molecule has 1 aromatic carbocycles. The Labute approximate surface area is 155 Å². The van der Waals surface area contributed by atoms with Crippen LogP contribution < -0.4 is 10.6 Å². The number of thioether (sulfide) groups is 1. The molecule has 5 heteroatoms. The average molecular weight is 363 g/mol. The van der Waals surface area contributed by atoms with Gasteiger partial charge in [-0.25, -0.2) is 0 Å². The summed E-state index contributed by atoms with van der Waals surface area (Å²) in [5.74, 6) is 1.02. The highest BCUT2D eigenvalue weighted by Crippen LogP contribution is 2.25. The maximum absolute atomic E-state index is 12.1. The van der Waals surface area contributed by atoms with Crippen LogP contribution in [0.15, 0.2) is 24.3 Å². The summed E-state index contributed by atoms with van der Waals surface area (Å²) >= 11 is 1.38. The first-order chi connectivity index (χ1) is 12.0. The fraction of sp³-hybridized carbons (Fsp3) is 0.600. The molecular formula is C20H30N2O2S. The zero-order valence-corrected chi connectivity index (χ0v) is 16.2. The summed E-state index contributed by atoms with van der Waals surface area (Å²) in [6.07, 6.45) is 7.72. The zero-order chi connectivity index (χ0) is 18.1. The van der Waals surface area contributed by atoms with E-state index in [0.717, 1.165) is 30.1 Å². The molecule has 138 valence electrons. The van der Waals surface area contributed by atoms with Crippen molar-refractivity contribution < 1.29 is 9.59 Å². The molecule has 0 saturated heterocycles. The first-order valence-corrected chi connectivity index (χ1v) is 10.4. The Morgan fingerprint density at radius 3 is 2.52 bits per heavy atom. The number of amides is 2. The number of nitrogens with one attached hydrogen (secondary N) is 2. The standard InChI is InChI=1S/C20H30N2O2S/c1-15-8-10-18(11-9-15)22-19(23)14-25-16(2)20(24)21-13-12-17-6-4-3-5-7-17/h8-11,16-17H,3-7,12-14H2,1-2H3,(H,21,24)(H,22,23). The zero-order valence-electron chi connectivity index (χ0n) is 15.3. The highest BCUT2D eigenvalue weighted by atomic mass is 32.2. The Kier molecular flexibility index (Phi) is 8.32. The van der Waals surface area contributed by atoms with Gasteiger partial charge in [-0.15, -0.1) is 11.8 Å². The lowest BCUT2D eigenvalue weighted by Crippen LogP contribution is -2.33. The number of carbonyl (C=O) groups is 2. The molecule has 2 rings (SSSR count). The number of rotatable bonds is 8. The van der Waals surface area contributed by atoms with E-state index in [4.69, 9.17) is 0 Å². The molecular weight excluding hydrogens is 332 g/mol. The lowest BCUT2D eigenvalue weighted by Gasteiger charge is -2.21. The van der Waals surface area contributed by atoms with Gasteiger partial charge in [0.1, 0.15) is 0 Å². The maximum Gasteiger partial charge on any atom is 0.234 e. The molecule has 0 aromatic heterocycles. The molecule has 2 N–H and O–H groups in total. The Hall–Kier alpha value is -1.49. The summed E-state index contributed by atoms with van der Waals surface area (Å²) in [6.45, 7) is 4.62. The smallest absolute Gasteiger partial charge is 0.234 e. The molecule has 1 atom stereocenters. The Morgan fingerprint density at radius 1 is 1.16 bits per heavy atom. The van der Waals surface area contributed by atoms with Crippen molar-refractivity contribution >= 4 is 29.3 Å². The van der Waals surface area contributed by atoms with E-state index in [1.807, 2.05) is 38.1 Å². The van der Waals surface area contributed by atoms with Crippen molar-refractivity contribution in [2.75, 3.05) is 17.6 Å². The van der Waals surface area contributed by atoms with Crippen molar-refractivity contribution in [3.63, 3.8) is 0 Å². The predicted molar refractivity (Wildman–Crippen MR) is 106 cm³/mol. The minimum atomic E-state index is -0.213. The first kappa shape index (κ1) is 19.8. The highest BCUT2D eigenvalue weighted by Gasteiger charge is 2.17. The maximum atomic E-state index is 12.1. The molecule has 0 heterocycles. The van der Waals surface area contributed by atoms with Crippen molar-refractivity contribution in [2.24, 2.45) is 5.92 Å². The topological polar surface area (TPSA) is 58.2 Å². The lowest BCUT2D eigenvalue weighted by atomic mass is 9.87. The van der Waals surface area contributed by atoms with Gasteiger partial charge in [0.25, 0.3) is 0 Å². The number of benzene rings is 1. The molecule has 1 unspecified atom stereocenters. The monoisotopic (exact) mass is 362 g/mol. The van der Waals surface area contributed by atoms with Crippen LogP contribution in [0.25, 0.3) is 0 Å². The molecule has 0 spiro atoms. The van der Waals surface area contributed by atoms with Crippen LogP contribution in [0.4, 0.5) is 5.69 Å². The fourth-order valence-electron chi connectivity index (χ4n) is 3.13. The SMILES string of the molecule is Cc1ccc(NC(=O)CSC(C)C(=O)NCCC2CCCCC2)cc1. The van der Waals surface area contributed by atoms with Gasteiger partial charge < -0.3 is 10.6 Å². The molecule has 4 nitrogen and oxygen atoms in total. The third kappa shape index (κ3) is 7.51. The van der Waals surface area contributed by atoms with Crippen molar-refractivity contribution in [1.29, 1.82) is 0 Å². The van der Waals surface area contributed by atoms with Gasteiger partial charge in [-0.05, 0) is 38.3 Å². The molecule has 1 aliphatic carbocycles. The minimum Gasteiger partial charge on any atom is -0.355 e. The quantitative estimate of drug-likeness (QED) is 0.731. The van der Waals surface area contributed by atoms with E-state index in [1.165, 1.54) is 43.9 Å². The van der Waals surface area contributed by atoms with Crippen LogP contribution in [0.2, 0.25) is 0 Å². The summed E-state index contributed by atoms with van der Waals surface area (Å²) in [6, 6.07) is 7.70. The fourth-order valence-corrected chi connectivity index (χ4v) is 3.84. The van der Waals surface area contributed by atoms with E-state index in [2.05, 4.69) is 10.6 Å². The van der Waals surface area contributed by atoms with Crippen molar-refractivity contribution in [1.82, 2.24) is 5.32 Å². The normalized spacial score (nSPS) is 16.2. The van der Waals surface area contributed by atoms with E-state index < -0.39 is 0 Å². The van der Waals surface area contributed by atoms with Gasteiger partial charge in [0.05, 0.1) is 11.0 Å². The summed E-state index contributed by atoms with van der Waals surface area (Å²) in [4.78, 5) is 24.1. The predicted octanol–water partition coefficient (Wildman–Crippen LogP) is 4.14. The van der Waals surface area contributed by atoms with E-state index in [9.17, 15) is 9.59 Å². The molecule has 1 aromatic rings. The highest BCUT2D eigenvalue weighted by molar-refractivity contribution is 8.01. The molecule has 1 saturated carbocycles. The van der Waals surface area contributed by atoms with Gasteiger partial charge in [-0.2, -0.15) is 0 Å². The first-order valence-electron chi connectivity index (χ1n) is 9.30. The third-order valence-electron chi connectivity index (χ3n) is 4.75. The van der Waals surface area contributed by atoms with Crippen molar-refractivity contribution in [3.05, 3.63) is 29.8 Å². The second-order valence-corrected chi connectivity index (χ2v) is 8.28. The number of carbonyl (C=O) groups excluding carboxylic acids is 2. The van der Waals surface area contributed by atoms with Gasteiger partial charge in [0, 0.05) is 12.2 Å². The van der Waals surface area contributed by atoms with Gasteiger partial charge in [-0.3, -0.25) is 9.59 Å². The van der Waals surface area contributed by atoms with Crippen LogP contribution in [0.3, 0.4) is 0 Å². The Balaban J connectivity index is 1.61. The van der Waals surface area contributed by atoms with Gasteiger partial charge in [0.15, 0.2) is 0 Å². The van der Waals surface area contributed by atoms with Gasteiger partial charge >= 0.3 is 0 Å². The minimum absolute atomic E-state index is 0.0314. The van der Waals surface area contributed by atoms with Crippen LogP contribution in [-0.2, 0) is 9.59 Å². The van der Waals surface area contributed by atoms with Crippen LogP contribution in [0.1, 0.15) is 51.0 Å². The van der Waals surface area contributed by atoms with Crippen LogP contribution in [0.5, 0.6) is 0 Å². The number of hydrogen-bond acceptors (Lipinski definition) is 3. The number of anilines is 1. The van der Waals surface area contributed by atoms with E-state index in [1.54, 1.807) is 0 Å². The van der Waals surface area contributed by atoms with E-state index in [-0.39, 0.29) is 22.8 Å². The Morgan fingerprint density at radius 2 is 1.84 bits per heavy atom. The molecule has 1 aliphatic rings. The van der Waals surface area contributed by atoms with E-state index in [0.29, 0.717) is 0 Å². The number of aryl methyl sites for hydroxylation is 1. The molecule has 0 bridgehead atoms. The lowest BCUT2D eigenvalue weighted by molar-refractivity contribution is -0.120. The summed E-state index contributed by atoms with van der Waals surface area (Å²) in [7, 11) is 0. The summed E-state index contributed by atoms with van der Waals surface area (Å²) in [5.41, 5.74) is 1.95. The van der Waals surface area contributed by atoms with Crippen LogP contribution >= 0.6 is 11.8 Å². The van der Waals surface area contributed by atoms with Gasteiger partial charge in [-0.1, -0.05) is 49.8 Å². The van der Waals surface area contributed by atoms with Crippen molar-refractivity contribution in [2.45, 2.75) is 57.6 Å². The third-order valence-corrected chi connectivity index (χ3v) is 5.89. The molecule has 0 aliphatic heterocycles. The summed E-state index contributed by atoms with van der Waals surface area (Å²) in [5, 5.41) is 5.66. The molecule has 0 radical (unpaired) electrons. The van der Waals surface area contributed by atoms with Gasteiger partial charge in [0.2, 0.25) is 11.8 Å². The number of hydrogen-bond donors (Lipinski definition) is 2. The largest absolute Gasteiger partial charge is 0.355 e.